The SMILES string of the molecule is [Cu].[Re].c1cnc2c(c1)ccc1cccnc12. The standard InChI is InChI=1S/C12H8N2.Cu.Re/c1-3-9-5-6-10-4-2-8-14-12(10)11(9)13-7-1;;/h1-8H;;. The second-order valence-corrected chi connectivity index (χ2v) is 3.22. The summed E-state index contributed by atoms with van der Waals surface area (Å²) < 4.78 is 0. The summed E-state index contributed by atoms with van der Waals surface area (Å²) in [7, 11) is 0. The van der Waals surface area contributed by atoms with Gasteiger partial charge in [-0.2, -0.15) is 0 Å². The minimum absolute atomic E-state index is 0. The van der Waals surface area contributed by atoms with E-state index in [1.165, 1.54) is 0 Å². The third kappa shape index (κ3) is 2.16. The van der Waals surface area contributed by atoms with Gasteiger partial charge >= 0.3 is 0 Å². The van der Waals surface area contributed by atoms with Crippen molar-refractivity contribution < 1.29 is 37.5 Å². The van der Waals surface area contributed by atoms with Gasteiger partial charge in [-0.1, -0.05) is 24.3 Å². The monoisotopic (exact) mass is 430 g/mol. The van der Waals surface area contributed by atoms with E-state index < -0.39 is 0 Å². The third-order valence-electron chi connectivity index (χ3n) is 2.34. The van der Waals surface area contributed by atoms with E-state index in [9.17, 15) is 0 Å². The van der Waals surface area contributed by atoms with Gasteiger partial charge in [0.1, 0.15) is 0 Å². The maximum absolute atomic E-state index is 4.35. The van der Waals surface area contributed by atoms with Gasteiger partial charge in [-0.3, -0.25) is 9.97 Å². The Morgan fingerprint density at radius 2 is 1.12 bits per heavy atom. The van der Waals surface area contributed by atoms with Crippen molar-refractivity contribution in [2.45, 2.75) is 0 Å². The van der Waals surface area contributed by atoms with Crippen molar-refractivity contribution in [3.63, 3.8) is 0 Å². The summed E-state index contributed by atoms with van der Waals surface area (Å²) in [6.07, 6.45) is 3.60. The van der Waals surface area contributed by atoms with Crippen LogP contribution < -0.4 is 0 Å². The Bertz CT molecular complexity index is 558. The average molecular weight is 430 g/mol. The predicted octanol–water partition coefficient (Wildman–Crippen LogP) is 2.78. The summed E-state index contributed by atoms with van der Waals surface area (Å²) in [5, 5.41) is 2.28. The fourth-order valence-electron chi connectivity index (χ4n) is 1.68. The molecule has 0 N–H and O–H groups in total. The van der Waals surface area contributed by atoms with Gasteiger partial charge in [-0.05, 0) is 12.1 Å². The quantitative estimate of drug-likeness (QED) is 0.405. The summed E-state index contributed by atoms with van der Waals surface area (Å²) in [6.45, 7) is 0. The number of benzene rings is 1. The first-order valence-corrected chi connectivity index (χ1v) is 4.53. The van der Waals surface area contributed by atoms with Gasteiger partial charge in [0.2, 0.25) is 0 Å². The first kappa shape index (κ1) is 13.3. The summed E-state index contributed by atoms with van der Waals surface area (Å²) >= 11 is 0. The van der Waals surface area contributed by atoms with E-state index in [4.69, 9.17) is 0 Å². The van der Waals surface area contributed by atoms with Crippen molar-refractivity contribution in [3.8, 4) is 0 Å². The van der Waals surface area contributed by atoms with E-state index in [1.54, 1.807) is 12.4 Å². The van der Waals surface area contributed by atoms with Gasteiger partial charge in [-0.15, -0.1) is 0 Å². The largest absolute Gasteiger partial charge is 0.254 e. The Kier molecular flexibility index (Phi) is 4.58. The van der Waals surface area contributed by atoms with Crippen molar-refractivity contribution in [3.05, 3.63) is 48.8 Å². The maximum atomic E-state index is 4.35. The zero-order valence-corrected chi connectivity index (χ0v) is 11.9. The first-order chi connectivity index (χ1) is 6.95. The van der Waals surface area contributed by atoms with Crippen LogP contribution in [-0.2, 0) is 37.5 Å². The molecule has 0 spiro atoms. The fourth-order valence-corrected chi connectivity index (χ4v) is 1.68. The molecule has 0 bridgehead atoms. The molecule has 16 heavy (non-hydrogen) atoms. The third-order valence-corrected chi connectivity index (χ3v) is 2.34. The molecule has 0 aliphatic carbocycles. The molecule has 84 valence electrons. The van der Waals surface area contributed by atoms with Gasteiger partial charge in [0, 0.05) is 60.7 Å². The smallest absolute Gasteiger partial charge is 0.0964 e. The van der Waals surface area contributed by atoms with Crippen molar-refractivity contribution >= 4 is 21.8 Å². The molecule has 3 rings (SSSR count). The molecule has 0 unspecified atom stereocenters. The molecule has 1 aromatic carbocycles. The molecule has 2 radical (unpaired) electrons. The molecule has 4 heteroatoms. The normalized spacial score (nSPS) is 9.50. The Balaban J connectivity index is 0.000000640. The molecule has 0 saturated heterocycles. The van der Waals surface area contributed by atoms with Crippen LogP contribution in [0.25, 0.3) is 21.8 Å². The van der Waals surface area contributed by atoms with Crippen LogP contribution in [0.1, 0.15) is 0 Å². The Morgan fingerprint density at radius 1 is 0.688 bits per heavy atom. The van der Waals surface area contributed by atoms with Gasteiger partial charge in [0.05, 0.1) is 11.0 Å². The molecule has 0 atom stereocenters. The first-order valence-electron chi connectivity index (χ1n) is 4.53. The van der Waals surface area contributed by atoms with Crippen molar-refractivity contribution in [2.75, 3.05) is 0 Å². The summed E-state index contributed by atoms with van der Waals surface area (Å²) in [5.74, 6) is 0. The van der Waals surface area contributed by atoms with Crippen molar-refractivity contribution in [2.24, 2.45) is 0 Å². The molecule has 2 aromatic heterocycles. The van der Waals surface area contributed by atoms with Crippen molar-refractivity contribution in [1.29, 1.82) is 0 Å². The molecule has 2 nitrogen and oxygen atoms in total. The van der Waals surface area contributed by atoms with Crippen LogP contribution in [0.3, 0.4) is 0 Å². The number of aromatic nitrogens is 2. The van der Waals surface area contributed by atoms with Gasteiger partial charge in [-0.25, -0.2) is 0 Å². The van der Waals surface area contributed by atoms with Gasteiger partial charge in [0.15, 0.2) is 0 Å². The number of hydrogen-bond acceptors (Lipinski definition) is 2. The zero-order valence-electron chi connectivity index (χ0n) is 8.19. The summed E-state index contributed by atoms with van der Waals surface area (Å²) in [5.41, 5.74) is 1.95. The van der Waals surface area contributed by atoms with Crippen LogP contribution in [0.15, 0.2) is 48.8 Å². The second kappa shape index (κ2) is 5.52. The number of pyridine rings is 2. The minimum Gasteiger partial charge on any atom is -0.254 e. The van der Waals surface area contributed by atoms with E-state index in [2.05, 4.69) is 34.2 Å². The fraction of sp³-hybridized carbons (Fsp3) is 0. The number of rotatable bonds is 0. The van der Waals surface area contributed by atoms with Crippen molar-refractivity contribution in [1.82, 2.24) is 9.97 Å². The summed E-state index contributed by atoms with van der Waals surface area (Å²) in [4.78, 5) is 8.69. The number of fused-ring (bicyclic) bond motifs is 3. The molecule has 0 saturated carbocycles. The van der Waals surface area contributed by atoms with Crippen LogP contribution in [0, 0.1) is 0 Å². The average Bonchev–Trinajstić information content (AvgIpc) is 2.29. The van der Waals surface area contributed by atoms with Crippen LogP contribution in [-0.4, -0.2) is 9.97 Å². The van der Waals surface area contributed by atoms with E-state index in [0.29, 0.717) is 0 Å². The van der Waals surface area contributed by atoms with E-state index in [1.807, 2.05) is 12.1 Å². The van der Waals surface area contributed by atoms with Crippen LogP contribution in [0.5, 0.6) is 0 Å². The van der Waals surface area contributed by atoms with Gasteiger partial charge < -0.3 is 0 Å². The molecule has 0 amide bonds. The molecule has 3 aromatic rings. The maximum Gasteiger partial charge on any atom is 0.0964 e. The van der Waals surface area contributed by atoms with E-state index >= 15 is 0 Å². The van der Waals surface area contributed by atoms with E-state index in [-0.39, 0.29) is 37.5 Å². The Labute approximate surface area is 118 Å². The number of hydrogen-bond donors (Lipinski definition) is 0. The molecular formula is C12H8CuN2Re. The molecular weight excluding hydrogens is 422 g/mol. The molecule has 0 aliphatic rings. The van der Waals surface area contributed by atoms with E-state index in [0.717, 1.165) is 21.8 Å². The zero-order chi connectivity index (χ0) is 9.38. The molecule has 2 heterocycles. The predicted molar refractivity (Wildman–Crippen MR) is 57.0 cm³/mol. The molecule has 0 fully saturated rings. The van der Waals surface area contributed by atoms with Crippen LogP contribution in [0.2, 0.25) is 0 Å². The Hall–Kier alpha value is -0.778. The topological polar surface area (TPSA) is 25.8 Å². The minimum atomic E-state index is 0. The Morgan fingerprint density at radius 3 is 1.56 bits per heavy atom. The number of nitrogens with zero attached hydrogens (tertiary/aromatic N) is 2. The summed E-state index contributed by atoms with van der Waals surface area (Å²) in [6, 6.07) is 12.1. The van der Waals surface area contributed by atoms with Crippen LogP contribution >= 0.6 is 0 Å². The second-order valence-electron chi connectivity index (χ2n) is 3.22. The van der Waals surface area contributed by atoms with Gasteiger partial charge in [0.25, 0.3) is 0 Å². The van der Waals surface area contributed by atoms with Crippen LogP contribution in [0.4, 0.5) is 0 Å². The molecule has 0 aliphatic heterocycles.